The average Bonchev–Trinajstić information content (AvgIpc) is 3.01. The van der Waals surface area contributed by atoms with Gasteiger partial charge in [0.15, 0.2) is 17.1 Å². The highest BCUT2D eigenvalue weighted by atomic mass is 15.3. The van der Waals surface area contributed by atoms with Crippen LogP contribution in [0.5, 0.6) is 0 Å². The van der Waals surface area contributed by atoms with Gasteiger partial charge in [-0.15, -0.1) is 10.2 Å². The van der Waals surface area contributed by atoms with Gasteiger partial charge in [0, 0.05) is 6.04 Å². The molecular formula is C11H15N7. The van der Waals surface area contributed by atoms with E-state index in [9.17, 15) is 0 Å². The minimum atomic E-state index is 0.459. The SMILES string of the molecule is CCC(C)NCc1nnc2c3[nH]cnc3ncn12. The lowest BCUT2D eigenvalue weighted by Gasteiger charge is -2.09. The van der Waals surface area contributed by atoms with Crippen LogP contribution in [-0.4, -0.2) is 35.6 Å². The summed E-state index contributed by atoms with van der Waals surface area (Å²) in [5, 5.41) is 11.8. The first kappa shape index (κ1) is 11.1. The molecule has 0 aliphatic carbocycles. The van der Waals surface area contributed by atoms with Crippen LogP contribution in [0.15, 0.2) is 12.7 Å². The van der Waals surface area contributed by atoms with Crippen LogP contribution < -0.4 is 5.32 Å². The Balaban J connectivity index is 1.98. The lowest BCUT2D eigenvalue weighted by Crippen LogP contribution is -2.25. The third kappa shape index (κ3) is 1.72. The molecule has 0 aliphatic rings. The molecule has 2 N–H and O–H groups in total. The molecule has 7 heteroatoms. The van der Waals surface area contributed by atoms with Crippen molar-refractivity contribution in [3.63, 3.8) is 0 Å². The highest BCUT2D eigenvalue weighted by molar-refractivity contribution is 5.84. The molecule has 0 saturated heterocycles. The molecule has 7 nitrogen and oxygen atoms in total. The first-order chi connectivity index (χ1) is 8.79. The summed E-state index contributed by atoms with van der Waals surface area (Å²) in [4.78, 5) is 11.4. The monoisotopic (exact) mass is 245 g/mol. The Bertz CT molecular complexity index is 668. The molecule has 0 fully saturated rings. The van der Waals surface area contributed by atoms with Crippen molar-refractivity contribution in [2.75, 3.05) is 0 Å². The molecule has 0 spiro atoms. The molecule has 94 valence electrons. The van der Waals surface area contributed by atoms with Gasteiger partial charge in [-0.1, -0.05) is 6.92 Å². The summed E-state index contributed by atoms with van der Waals surface area (Å²) in [5.74, 6) is 0.856. The van der Waals surface area contributed by atoms with Gasteiger partial charge in [-0.25, -0.2) is 9.97 Å². The number of hydrogen-bond donors (Lipinski definition) is 2. The largest absolute Gasteiger partial charge is 0.340 e. The molecule has 1 unspecified atom stereocenters. The molecule has 3 rings (SSSR count). The van der Waals surface area contributed by atoms with E-state index in [0.717, 1.165) is 23.4 Å². The molecule has 1 atom stereocenters. The van der Waals surface area contributed by atoms with Gasteiger partial charge in [0.2, 0.25) is 0 Å². The highest BCUT2D eigenvalue weighted by Crippen LogP contribution is 2.12. The van der Waals surface area contributed by atoms with Crippen molar-refractivity contribution < 1.29 is 0 Å². The van der Waals surface area contributed by atoms with Gasteiger partial charge < -0.3 is 10.3 Å². The summed E-state index contributed by atoms with van der Waals surface area (Å²) in [6.45, 7) is 4.97. The summed E-state index contributed by atoms with van der Waals surface area (Å²) in [5.41, 5.74) is 2.24. The van der Waals surface area contributed by atoms with Crippen molar-refractivity contribution in [2.45, 2.75) is 32.9 Å². The van der Waals surface area contributed by atoms with Gasteiger partial charge in [0.1, 0.15) is 11.8 Å². The van der Waals surface area contributed by atoms with Gasteiger partial charge in [-0.2, -0.15) is 0 Å². The van der Waals surface area contributed by atoms with Crippen LogP contribution in [0.1, 0.15) is 26.1 Å². The number of nitrogens with one attached hydrogen (secondary N) is 2. The molecule has 3 heterocycles. The van der Waals surface area contributed by atoms with Crippen LogP contribution >= 0.6 is 0 Å². The quantitative estimate of drug-likeness (QED) is 0.713. The van der Waals surface area contributed by atoms with Crippen molar-refractivity contribution in [3.05, 3.63) is 18.5 Å². The maximum Gasteiger partial charge on any atom is 0.189 e. The van der Waals surface area contributed by atoms with E-state index < -0.39 is 0 Å². The molecule has 3 aromatic rings. The van der Waals surface area contributed by atoms with E-state index in [2.05, 4.69) is 44.3 Å². The van der Waals surface area contributed by atoms with Crippen LogP contribution in [0.4, 0.5) is 0 Å². The smallest absolute Gasteiger partial charge is 0.189 e. The lowest BCUT2D eigenvalue weighted by atomic mass is 10.2. The summed E-state index contributed by atoms with van der Waals surface area (Å²) >= 11 is 0. The topological polar surface area (TPSA) is 83.8 Å². The number of hydrogen-bond acceptors (Lipinski definition) is 5. The van der Waals surface area contributed by atoms with Crippen LogP contribution in [0.3, 0.4) is 0 Å². The van der Waals surface area contributed by atoms with Crippen molar-refractivity contribution >= 4 is 16.8 Å². The molecule has 0 radical (unpaired) electrons. The van der Waals surface area contributed by atoms with Gasteiger partial charge in [-0.3, -0.25) is 4.40 Å². The number of H-pyrrole nitrogens is 1. The Morgan fingerprint density at radius 2 is 2.28 bits per heavy atom. The Morgan fingerprint density at radius 1 is 1.39 bits per heavy atom. The fourth-order valence-electron chi connectivity index (χ4n) is 1.81. The fourth-order valence-corrected chi connectivity index (χ4v) is 1.81. The number of imidazole rings is 1. The summed E-state index contributed by atoms with van der Waals surface area (Å²) in [7, 11) is 0. The molecule has 3 aromatic heterocycles. The summed E-state index contributed by atoms with van der Waals surface area (Å²) in [6, 6.07) is 0.459. The molecular weight excluding hydrogens is 230 g/mol. The molecule has 0 aromatic carbocycles. The van der Waals surface area contributed by atoms with E-state index in [0.29, 0.717) is 18.2 Å². The van der Waals surface area contributed by atoms with Crippen molar-refractivity contribution in [1.29, 1.82) is 0 Å². The Morgan fingerprint density at radius 3 is 3.11 bits per heavy atom. The molecule has 0 bridgehead atoms. The number of aromatic nitrogens is 6. The summed E-state index contributed by atoms with van der Waals surface area (Å²) in [6.07, 6.45) is 4.41. The molecule has 0 saturated carbocycles. The fraction of sp³-hybridized carbons (Fsp3) is 0.455. The second-order valence-corrected chi connectivity index (χ2v) is 4.35. The van der Waals surface area contributed by atoms with Crippen LogP contribution in [-0.2, 0) is 6.54 Å². The van der Waals surface area contributed by atoms with Crippen LogP contribution in [0, 0.1) is 0 Å². The third-order valence-electron chi connectivity index (χ3n) is 3.13. The second-order valence-electron chi connectivity index (χ2n) is 4.35. The minimum Gasteiger partial charge on any atom is -0.340 e. The van der Waals surface area contributed by atoms with Crippen LogP contribution in [0.2, 0.25) is 0 Å². The van der Waals surface area contributed by atoms with E-state index in [1.807, 2.05) is 4.40 Å². The Labute approximate surface area is 104 Å². The number of rotatable bonds is 4. The lowest BCUT2D eigenvalue weighted by molar-refractivity contribution is 0.521. The van der Waals surface area contributed by atoms with Crippen LogP contribution in [0.25, 0.3) is 16.8 Å². The number of nitrogens with zero attached hydrogens (tertiary/aromatic N) is 5. The second kappa shape index (κ2) is 4.34. The number of fused-ring (bicyclic) bond motifs is 3. The van der Waals surface area contributed by atoms with E-state index in [-0.39, 0.29) is 0 Å². The first-order valence-electron chi connectivity index (χ1n) is 6.04. The van der Waals surface area contributed by atoms with Gasteiger partial charge in [0.05, 0.1) is 12.9 Å². The normalized spacial score (nSPS) is 13.4. The zero-order valence-corrected chi connectivity index (χ0v) is 10.4. The van der Waals surface area contributed by atoms with Crippen molar-refractivity contribution in [1.82, 2.24) is 34.9 Å². The van der Waals surface area contributed by atoms with Crippen molar-refractivity contribution in [2.24, 2.45) is 0 Å². The Hall–Kier alpha value is -2.02. The third-order valence-corrected chi connectivity index (χ3v) is 3.13. The van der Waals surface area contributed by atoms with Gasteiger partial charge in [-0.05, 0) is 13.3 Å². The zero-order chi connectivity index (χ0) is 12.5. The molecule has 18 heavy (non-hydrogen) atoms. The van der Waals surface area contributed by atoms with E-state index in [4.69, 9.17) is 0 Å². The highest BCUT2D eigenvalue weighted by Gasteiger charge is 2.11. The standard InChI is InChI=1S/C11H15N7/c1-3-7(2)12-4-8-16-17-11-9-10(14-5-13-9)15-6-18(8)11/h5-7,12H,3-4H2,1-2H3,(H,13,14). The predicted molar refractivity (Wildman–Crippen MR) is 67.0 cm³/mol. The zero-order valence-electron chi connectivity index (χ0n) is 10.4. The predicted octanol–water partition coefficient (Wildman–Crippen LogP) is 0.889. The number of aromatic amines is 1. The maximum atomic E-state index is 4.26. The summed E-state index contributed by atoms with van der Waals surface area (Å²) < 4.78 is 1.88. The first-order valence-corrected chi connectivity index (χ1v) is 6.04. The Kier molecular flexibility index (Phi) is 2.67. The van der Waals surface area contributed by atoms with Crippen molar-refractivity contribution in [3.8, 4) is 0 Å². The minimum absolute atomic E-state index is 0.459. The molecule has 0 amide bonds. The van der Waals surface area contributed by atoms with E-state index in [1.165, 1.54) is 0 Å². The maximum absolute atomic E-state index is 4.26. The van der Waals surface area contributed by atoms with Gasteiger partial charge in [0.25, 0.3) is 0 Å². The van der Waals surface area contributed by atoms with Gasteiger partial charge >= 0.3 is 0 Å². The average molecular weight is 245 g/mol. The molecule has 0 aliphatic heterocycles. The van der Waals surface area contributed by atoms with E-state index in [1.54, 1.807) is 12.7 Å². The van der Waals surface area contributed by atoms with E-state index >= 15 is 0 Å².